The van der Waals surface area contributed by atoms with E-state index >= 15 is 0 Å². The SMILES string of the molecule is Cc1ccc(-c2nnc(SCC(=O)Nc3ccc4c(c3)OCO4)o2)cc1. The highest BCUT2D eigenvalue weighted by atomic mass is 32.2. The van der Waals surface area contributed by atoms with Crippen LogP contribution >= 0.6 is 11.8 Å². The second kappa shape index (κ2) is 7.09. The molecule has 2 aromatic carbocycles. The Labute approximate surface area is 153 Å². The summed E-state index contributed by atoms with van der Waals surface area (Å²) >= 11 is 1.18. The van der Waals surface area contributed by atoms with Crippen molar-refractivity contribution in [2.75, 3.05) is 17.9 Å². The summed E-state index contributed by atoms with van der Waals surface area (Å²) in [5.74, 6) is 1.71. The summed E-state index contributed by atoms with van der Waals surface area (Å²) in [6.45, 7) is 2.21. The minimum atomic E-state index is -0.177. The van der Waals surface area contributed by atoms with Gasteiger partial charge in [-0.25, -0.2) is 0 Å². The Hall–Kier alpha value is -3.00. The molecule has 0 spiro atoms. The zero-order valence-electron chi connectivity index (χ0n) is 13.9. The van der Waals surface area contributed by atoms with Crippen LogP contribution in [0.5, 0.6) is 11.5 Å². The average molecular weight is 369 g/mol. The monoisotopic (exact) mass is 369 g/mol. The molecule has 1 aromatic heterocycles. The fourth-order valence-corrected chi connectivity index (χ4v) is 2.94. The predicted octanol–water partition coefficient (Wildman–Crippen LogP) is 3.50. The molecule has 2 heterocycles. The first kappa shape index (κ1) is 16.5. The Morgan fingerprint density at radius 1 is 1.12 bits per heavy atom. The van der Waals surface area contributed by atoms with Crippen molar-refractivity contribution in [3.63, 3.8) is 0 Å². The van der Waals surface area contributed by atoms with E-state index in [1.54, 1.807) is 18.2 Å². The van der Waals surface area contributed by atoms with Crippen LogP contribution in [0.3, 0.4) is 0 Å². The molecule has 4 rings (SSSR count). The molecule has 7 nitrogen and oxygen atoms in total. The first-order chi connectivity index (χ1) is 12.7. The third kappa shape index (κ3) is 3.65. The number of amides is 1. The summed E-state index contributed by atoms with van der Waals surface area (Å²) in [7, 11) is 0. The van der Waals surface area contributed by atoms with Gasteiger partial charge in [-0.3, -0.25) is 4.79 Å². The summed E-state index contributed by atoms with van der Waals surface area (Å²) in [6.07, 6.45) is 0. The number of ether oxygens (including phenoxy) is 2. The molecule has 0 unspecified atom stereocenters. The van der Waals surface area contributed by atoms with Crippen LogP contribution in [0, 0.1) is 6.92 Å². The van der Waals surface area contributed by atoms with Gasteiger partial charge in [0.2, 0.25) is 18.6 Å². The molecule has 0 saturated carbocycles. The topological polar surface area (TPSA) is 86.5 Å². The predicted molar refractivity (Wildman–Crippen MR) is 96.4 cm³/mol. The summed E-state index contributed by atoms with van der Waals surface area (Å²) < 4.78 is 16.1. The lowest BCUT2D eigenvalue weighted by atomic mass is 10.1. The van der Waals surface area contributed by atoms with Crippen LogP contribution < -0.4 is 14.8 Å². The zero-order valence-corrected chi connectivity index (χ0v) is 14.7. The molecule has 8 heteroatoms. The van der Waals surface area contributed by atoms with Crippen molar-refractivity contribution < 1.29 is 18.7 Å². The molecule has 0 fully saturated rings. The van der Waals surface area contributed by atoms with Crippen molar-refractivity contribution in [3.8, 4) is 23.0 Å². The van der Waals surface area contributed by atoms with Gasteiger partial charge in [0.15, 0.2) is 11.5 Å². The standard InChI is InChI=1S/C18H15N3O4S/c1-11-2-4-12(5-3-11)17-20-21-18(25-17)26-9-16(22)19-13-6-7-14-15(8-13)24-10-23-14/h2-8H,9-10H2,1H3,(H,19,22). The largest absolute Gasteiger partial charge is 0.454 e. The summed E-state index contributed by atoms with van der Waals surface area (Å²) in [5.41, 5.74) is 2.65. The van der Waals surface area contributed by atoms with Crippen LogP contribution in [0.4, 0.5) is 5.69 Å². The lowest BCUT2D eigenvalue weighted by Crippen LogP contribution is -2.13. The molecule has 1 aliphatic heterocycles. The number of nitrogens with one attached hydrogen (secondary N) is 1. The van der Waals surface area contributed by atoms with Crippen molar-refractivity contribution in [3.05, 3.63) is 48.0 Å². The van der Waals surface area contributed by atoms with E-state index in [0.717, 1.165) is 11.1 Å². The van der Waals surface area contributed by atoms with E-state index in [4.69, 9.17) is 13.9 Å². The number of carbonyl (C=O) groups excluding carboxylic acids is 1. The van der Waals surface area contributed by atoms with E-state index in [0.29, 0.717) is 28.3 Å². The highest BCUT2D eigenvalue weighted by molar-refractivity contribution is 7.99. The smallest absolute Gasteiger partial charge is 0.277 e. The van der Waals surface area contributed by atoms with Gasteiger partial charge in [-0.15, -0.1) is 10.2 Å². The number of nitrogens with zero attached hydrogens (tertiary/aromatic N) is 2. The van der Waals surface area contributed by atoms with Crippen molar-refractivity contribution in [1.29, 1.82) is 0 Å². The Kier molecular flexibility index (Phi) is 4.49. The van der Waals surface area contributed by atoms with E-state index in [9.17, 15) is 4.79 Å². The van der Waals surface area contributed by atoms with Crippen LogP contribution in [0.1, 0.15) is 5.56 Å². The summed E-state index contributed by atoms with van der Waals surface area (Å²) in [5, 5.41) is 11.1. The number of carbonyl (C=O) groups is 1. The number of benzene rings is 2. The fraction of sp³-hybridized carbons (Fsp3) is 0.167. The summed E-state index contributed by atoms with van der Waals surface area (Å²) in [4.78, 5) is 12.1. The maximum Gasteiger partial charge on any atom is 0.277 e. The van der Waals surface area contributed by atoms with Gasteiger partial charge in [0.05, 0.1) is 5.75 Å². The molecule has 3 aromatic rings. The third-order valence-electron chi connectivity index (χ3n) is 3.69. The average Bonchev–Trinajstić information content (AvgIpc) is 3.29. The lowest BCUT2D eigenvalue weighted by molar-refractivity contribution is -0.113. The number of hydrogen-bond acceptors (Lipinski definition) is 7. The number of thioether (sulfide) groups is 1. The fourth-order valence-electron chi connectivity index (χ4n) is 2.38. The maximum absolute atomic E-state index is 12.1. The van der Waals surface area contributed by atoms with Crippen LogP contribution in [0.25, 0.3) is 11.5 Å². The lowest BCUT2D eigenvalue weighted by Gasteiger charge is -2.05. The highest BCUT2D eigenvalue weighted by Crippen LogP contribution is 2.34. The van der Waals surface area contributed by atoms with Crippen molar-refractivity contribution >= 4 is 23.4 Å². The molecule has 26 heavy (non-hydrogen) atoms. The van der Waals surface area contributed by atoms with Crippen LogP contribution in [0.2, 0.25) is 0 Å². The third-order valence-corrected chi connectivity index (χ3v) is 4.51. The number of aromatic nitrogens is 2. The molecule has 0 saturated heterocycles. The molecule has 132 valence electrons. The molecule has 1 N–H and O–H groups in total. The first-order valence-electron chi connectivity index (χ1n) is 7.90. The van der Waals surface area contributed by atoms with Gasteiger partial charge in [-0.05, 0) is 31.2 Å². The number of aryl methyl sites for hydroxylation is 1. The number of rotatable bonds is 5. The van der Waals surface area contributed by atoms with E-state index in [1.807, 2.05) is 31.2 Å². The maximum atomic E-state index is 12.1. The molecule has 1 amide bonds. The minimum absolute atomic E-state index is 0.157. The van der Waals surface area contributed by atoms with Crippen molar-refractivity contribution in [2.45, 2.75) is 12.1 Å². The van der Waals surface area contributed by atoms with Crippen molar-refractivity contribution in [2.24, 2.45) is 0 Å². The van der Waals surface area contributed by atoms with Gasteiger partial charge in [-0.2, -0.15) is 0 Å². The summed E-state index contributed by atoms with van der Waals surface area (Å²) in [6, 6.07) is 13.0. The number of fused-ring (bicyclic) bond motifs is 1. The van der Waals surface area contributed by atoms with Gasteiger partial charge >= 0.3 is 0 Å². The highest BCUT2D eigenvalue weighted by Gasteiger charge is 2.15. The first-order valence-corrected chi connectivity index (χ1v) is 8.89. The van der Waals surface area contributed by atoms with Crippen LogP contribution in [-0.4, -0.2) is 28.7 Å². The second-order valence-electron chi connectivity index (χ2n) is 5.64. The molecule has 0 aliphatic carbocycles. The van der Waals surface area contributed by atoms with Crippen molar-refractivity contribution in [1.82, 2.24) is 10.2 Å². The van der Waals surface area contributed by atoms with E-state index in [-0.39, 0.29) is 18.5 Å². The molecule has 0 radical (unpaired) electrons. The van der Waals surface area contributed by atoms with Gasteiger partial charge in [-0.1, -0.05) is 29.5 Å². The molecular weight excluding hydrogens is 354 g/mol. The zero-order chi connectivity index (χ0) is 17.9. The van der Waals surface area contributed by atoms with E-state index in [1.165, 1.54) is 11.8 Å². The van der Waals surface area contributed by atoms with Crippen LogP contribution in [0.15, 0.2) is 52.1 Å². The Balaban J connectivity index is 1.34. The Morgan fingerprint density at radius 3 is 2.77 bits per heavy atom. The number of anilines is 1. The minimum Gasteiger partial charge on any atom is -0.454 e. The van der Waals surface area contributed by atoms with E-state index in [2.05, 4.69) is 15.5 Å². The van der Waals surface area contributed by atoms with E-state index < -0.39 is 0 Å². The van der Waals surface area contributed by atoms with Gasteiger partial charge in [0.1, 0.15) is 0 Å². The molecular formula is C18H15N3O4S. The van der Waals surface area contributed by atoms with Gasteiger partial charge in [0, 0.05) is 17.3 Å². The van der Waals surface area contributed by atoms with Crippen LogP contribution in [-0.2, 0) is 4.79 Å². The molecule has 0 bridgehead atoms. The number of hydrogen-bond donors (Lipinski definition) is 1. The Bertz CT molecular complexity index is 940. The van der Waals surface area contributed by atoms with Gasteiger partial charge in [0.25, 0.3) is 5.22 Å². The van der Waals surface area contributed by atoms with Gasteiger partial charge < -0.3 is 19.2 Å². The second-order valence-corrected chi connectivity index (χ2v) is 6.57. The Morgan fingerprint density at radius 2 is 1.92 bits per heavy atom. The molecule has 1 aliphatic rings. The molecule has 0 atom stereocenters. The quantitative estimate of drug-likeness (QED) is 0.689. The normalized spacial score (nSPS) is 12.2.